The van der Waals surface area contributed by atoms with E-state index in [1.165, 1.54) is 31.2 Å². The van der Waals surface area contributed by atoms with Crippen LogP contribution in [-0.2, 0) is 30.9 Å². The Bertz CT molecular complexity index is 953. The van der Waals surface area contributed by atoms with Gasteiger partial charge < -0.3 is 14.8 Å². The van der Waals surface area contributed by atoms with Crippen molar-refractivity contribution in [2.45, 2.75) is 44.5 Å². The standard InChI is InChI=1S/C20H24N2O6S/c1-13(2)27-12-15-4-6-16(7-5-15)20(24)28-14(3)19(23)22-17-8-10-18(11-9-17)29(21,25)26/h4-11,13-14H,12H2,1-3H3,(H,22,23)(H2,21,25,26)/t14-/m1/s1. The molecule has 156 valence electrons. The van der Waals surface area contributed by atoms with E-state index in [1.807, 2.05) is 13.8 Å². The summed E-state index contributed by atoms with van der Waals surface area (Å²) in [5.74, 6) is -1.18. The number of amides is 1. The second kappa shape index (κ2) is 9.64. The first-order valence-electron chi connectivity index (χ1n) is 8.91. The summed E-state index contributed by atoms with van der Waals surface area (Å²) >= 11 is 0. The Morgan fingerprint density at radius 1 is 1.00 bits per heavy atom. The lowest BCUT2D eigenvalue weighted by atomic mass is 10.1. The first-order valence-corrected chi connectivity index (χ1v) is 10.5. The predicted octanol–water partition coefficient (Wildman–Crippen LogP) is 2.44. The van der Waals surface area contributed by atoms with Gasteiger partial charge in [0.2, 0.25) is 10.0 Å². The molecule has 0 spiro atoms. The molecule has 9 heteroatoms. The van der Waals surface area contributed by atoms with E-state index in [4.69, 9.17) is 14.6 Å². The number of carbonyl (C=O) groups is 2. The van der Waals surface area contributed by atoms with Gasteiger partial charge in [-0.1, -0.05) is 12.1 Å². The smallest absolute Gasteiger partial charge is 0.338 e. The number of anilines is 1. The minimum absolute atomic E-state index is 0.0720. The van der Waals surface area contributed by atoms with Gasteiger partial charge in [0.1, 0.15) is 0 Å². The van der Waals surface area contributed by atoms with Crippen LogP contribution in [0.25, 0.3) is 0 Å². The van der Waals surface area contributed by atoms with Crippen LogP contribution in [-0.4, -0.2) is 32.5 Å². The van der Waals surface area contributed by atoms with Crippen molar-refractivity contribution >= 4 is 27.6 Å². The lowest BCUT2D eigenvalue weighted by Gasteiger charge is -2.14. The highest BCUT2D eigenvalue weighted by Crippen LogP contribution is 2.14. The van der Waals surface area contributed by atoms with Crippen LogP contribution in [0.15, 0.2) is 53.4 Å². The number of esters is 1. The van der Waals surface area contributed by atoms with Crippen molar-refractivity contribution in [2.24, 2.45) is 5.14 Å². The van der Waals surface area contributed by atoms with Crippen molar-refractivity contribution in [2.75, 3.05) is 5.32 Å². The zero-order valence-corrected chi connectivity index (χ0v) is 17.2. The predicted molar refractivity (Wildman–Crippen MR) is 108 cm³/mol. The summed E-state index contributed by atoms with van der Waals surface area (Å²) in [5, 5.41) is 7.57. The molecule has 1 amide bonds. The van der Waals surface area contributed by atoms with Gasteiger partial charge in [-0.15, -0.1) is 0 Å². The average Bonchev–Trinajstić information content (AvgIpc) is 2.66. The van der Waals surface area contributed by atoms with Crippen molar-refractivity contribution in [3.8, 4) is 0 Å². The molecule has 0 bridgehead atoms. The Morgan fingerprint density at radius 3 is 2.10 bits per heavy atom. The van der Waals surface area contributed by atoms with E-state index in [2.05, 4.69) is 5.32 Å². The van der Waals surface area contributed by atoms with Crippen LogP contribution in [0.2, 0.25) is 0 Å². The van der Waals surface area contributed by atoms with E-state index in [-0.39, 0.29) is 11.0 Å². The molecule has 0 unspecified atom stereocenters. The van der Waals surface area contributed by atoms with Gasteiger partial charge in [-0.25, -0.2) is 18.4 Å². The van der Waals surface area contributed by atoms with Crippen LogP contribution in [0.1, 0.15) is 36.7 Å². The third kappa shape index (κ3) is 6.97. The summed E-state index contributed by atoms with van der Waals surface area (Å²) in [6.45, 7) is 5.76. The summed E-state index contributed by atoms with van der Waals surface area (Å²) in [6, 6.07) is 12.1. The van der Waals surface area contributed by atoms with Gasteiger partial charge in [0.15, 0.2) is 6.10 Å². The molecular formula is C20H24N2O6S. The number of hydrogen-bond donors (Lipinski definition) is 2. The molecule has 2 aromatic rings. The van der Waals surface area contributed by atoms with Crippen LogP contribution >= 0.6 is 0 Å². The number of ether oxygens (including phenoxy) is 2. The Kier molecular flexibility index (Phi) is 7.49. The van der Waals surface area contributed by atoms with Crippen LogP contribution in [0.4, 0.5) is 5.69 Å². The van der Waals surface area contributed by atoms with Crippen LogP contribution < -0.4 is 10.5 Å². The number of nitrogens with two attached hydrogens (primary N) is 1. The maximum Gasteiger partial charge on any atom is 0.338 e. The topological polar surface area (TPSA) is 125 Å². The molecule has 0 aromatic heterocycles. The van der Waals surface area contributed by atoms with Crippen LogP contribution in [0.5, 0.6) is 0 Å². The lowest BCUT2D eigenvalue weighted by molar-refractivity contribution is -0.123. The second-order valence-electron chi connectivity index (χ2n) is 6.66. The van der Waals surface area contributed by atoms with Crippen molar-refractivity contribution in [3.05, 3.63) is 59.7 Å². The molecule has 1 atom stereocenters. The fourth-order valence-electron chi connectivity index (χ4n) is 2.25. The molecular weight excluding hydrogens is 396 g/mol. The van der Waals surface area contributed by atoms with E-state index < -0.39 is 28.0 Å². The minimum atomic E-state index is -3.81. The molecule has 2 rings (SSSR count). The highest BCUT2D eigenvalue weighted by Gasteiger charge is 2.19. The Balaban J connectivity index is 1.92. The number of rotatable bonds is 8. The summed E-state index contributed by atoms with van der Waals surface area (Å²) in [6.07, 6.45) is -0.945. The number of nitrogens with one attached hydrogen (secondary N) is 1. The molecule has 8 nitrogen and oxygen atoms in total. The molecule has 0 aliphatic heterocycles. The number of sulfonamides is 1. The third-order valence-corrected chi connectivity index (χ3v) is 4.81. The first-order chi connectivity index (χ1) is 13.6. The number of hydrogen-bond acceptors (Lipinski definition) is 6. The molecule has 0 fully saturated rings. The van der Waals surface area contributed by atoms with Gasteiger partial charge in [0.05, 0.1) is 23.2 Å². The van der Waals surface area contributed by atoms with Crippen LogP contribution in [0.3, 0.4) is 0 Å². The minimum Gasteiger partial charge on any atom is -0.449 e. The van der Waals surface area contributed by atoms with E-state index >= 15 is 0 Å². The number of primary sulfonamides is 1. The van der Waals surface area contributed by atoms with Gasteiger partial charge in [0.25, 0.3) is 5.91 Å². The Labute approximate surface area is 170 Å². The highest BCUT2D eigenvalue weighted by atomic mass is 32.2. The van der Waals surface area contributed by atoms with E-state index in [0.717, 1.165) is 5.56 Å². The lowest BCUT2D eigenvalue weighted by Crippen LogP contribution is -2.30. The quantitative estimate of drug-likeness (QED) is 0.632. The Hall–Kier alpha value is -2.75. The van der Waals surface area contributed by atoms with Crippen molar-refractivity contribution in [1.29, 1.82) is 0 Å². The van der Waals surface area contributed by atoms with E-state index in [9.17, 15) is 18.0 Å². The highest BCUT2D eigenvalue weighted by molar-refractivity contribution is 7.89. The van der Waals surface area contributed by atoms with Crippen LogP contribution in [0, 0.1) is 0 Å². The first kappa shape index (κ1) is 22.5. The summed E-state index contributed by atoms with van der Waals surface area (Å²) in [7, 11) is -3.81. The van der Waals surface area contributed by atoms with Gasteiger partial charge in [-0.05, 0) is 62.7 Å². The van der Waals surface area contributed by atoms with Gasteiger partial charge in [-0.3, -0.25) is 4.79 Å². The van der Waals surface area contributed by atoms with Crippen molar-refractivity contribution < 1.29 is 27.5 Å². The number of benzene rings is 2. The summed E-state index contributed by atoms with van der Waals surface area (Å²) in [5.41, 5.74) is 1.58. The Morgan fingerprint density at radius 2 is 1.59 bits per heavy atom. The second-order valence-corrected chi connectivity index (χ2v) is 8.22. The number of carbonyl (C=O) groups excluding carboxylic acids is 2. The largest absolute Gasteiger partial charge is 0.449 e. The molecule has 2 aromatic carbocycles. The molecule has 29 heavy (non-hydrogen) atoms. The van der Waals surface area contributed by atoms with E-state index in [0.29, 0.717) is 17.9 Å². The van der Waals surface area contributed by atoms with Gasteiger partial charge >= 0.3 is 5.97 Å². The zero-order chi connectivity index (χ0) is 21.6. The third-order valence-electron chi connectivity index (χ3n) is 3.88. The van der Waals surface area contributed by atoms with E-state index in [1.54, 1.807) is 24.3 Å². The maximum atomic E-state index is 12.2. The van der Waals surface area contributed by atoms with Crippen molar-refractivity contribution in [1.82, 2.24) is 0 Å². The molecule has 3 N–H and O–H groups in total. The normalized spacial score (nSPS) is 12.4. The van der Waals surface area contributed by atoms with Gasteiger partial charge in [-0.2, -0.15) is 0 Å². The summed E-state index contributed by atoms with van der Waals surface area (Å²) in [4.78, 5) is 24.4. The zero-order valence-electron chi connectivity index (χ0n) is 16.4. The van der Waals surface area contributed by atoms with Crippen molar-refractivity contribution in [3.63, 3.8) is 0 Å². The molecule has 0 radical (unpaired) electrons. The maximum absolute atomic E-state index is 12.2. The molecule has 0 heterocycles. The monoisotopic (exact) mass is 420 g/mol. The molecule has 0 aliphatic carbocycles. The summed E-state index contributed by atoms with van der Waals surface area (Å²) < 4.78 is 33.2. The molecule has 0 saturated heterocycles. The molecule has 0 saturated carbocycles. The van der Waals surface area contributed by atoms with Gasteiger partial charge in [0, 0.05) is 5.69 Å². The average molecular weight is 420 g/mol. The molecule has 0 aliphatic rings. The SMILES string of the molecule is CC(C)OCc1ccc(C(=O)O[C@H](C)C(=O)Nc2ccc(S(N)(=O)=O)cc2)cc1. The fourth-order valence-corrected chi connectivity index (χ4v) is 2.77. The fraction of sp³-hybridized carbons (Fsp3) is 0.300.